The molecule has 5 heteroatoms. The molecule has 0 aromatic rings. The predicted octanol–water partition coefficient (Wildman–Crippen LogP) is 0.572. The number of epoxide rings is 1. The first-order valence-corrected chi connectivity index (χ1v) is 5.16. The van der Waals surface area contributed by atoms with Crippen molar-refractivity contribution in [3.63, 3.8) is 0 Å². The largest absolute Gasteiger partial charge is 0.480 e. The van der Waals surface area contributed by atoms with Crippen LogP contribution in [0.4, 0.5) is 0 Å². The number of fused-ring (bicyclic) bond motifs is 1. The lowest BCUT2D eigenvalue weighted by molar-refractivity contribution is -0.170. The number of esters is 1. The summed E-state index contributed by atoms with van der Waals surface area (Å²) in [6.45, 7) is 1.88. The van der Waals surface area contributed by atoms with Crippen molar-refractivity contribution in [2.45, 2.75) is 38.4 Å². The molecule has 1 heterocycles. The summed E-state index contributed by atoms with van der Waals surface area (Å²) in [5.41, 5.74) is -1.37. The van der Waals surface area contributed by atoms with Gasteiger partial charge in [-0.05, 0) is 19.8 Å². The van der Waals surface area contributed by atoms with Crippen LogP contribution in [-0.4, -0.2) is 35.9 Å². The number of ether oxygens (including phenoxy) is 2. The molecule has 84 valence electrons. The molecule has 0 aromatic heterocycles. The summed E-state index contributed by atoms with van der Waals surface area (Å²) in [4.78, 5) is 22.9. The van der Waals surface area contributed by atoms with Gasteiger partial charge in [-0.15, -0.1) is 0 Å². The van der Waals surface area contributed by atoms with Crippen LogP contribution in [0, 0.1) is 5.41 Å². The van der Waals surface area contributed by atoms with E-state index < -0.39 is 17.4 Å². The summed E-state index contributed by atoms with van der Waals surface area (Å²) in [5, 5.41) is 9.17. The zero-order valence-corrected chi connectivity index (χ0v) is 8.56. The number of aliphatic carboxylic acids is 1. The third kappa shape index (κ3) is 1.61. The van der Waals surface area contributed by atoms with Gasteiger partial charge in [0.25, 0.3) is 0 Å². The Morgan fingerprint density at radius 3 is 2.80 bits per heavy atom. The Morgan fingerprint density at radius 1 is 1.53 bits per heavy atom. The first-order valence-electron chi connectivity index (χ1n) is 5.16. The fourth-order valence-electron chi connectivity index (χ4n) is 2.18. The van der Waals surface area contributed by atoms with Crippen LogP contribution in [0.15, 0.2) is 0 Å². The van der Waals surface area contributed by atoms with Crippen LogP contribution in [0.1, 0.15) is 26.2 Å². The molecule has 0 amide bonds. The van der Waals surface area contributed by atoms with Crippen LogP contribution in [0.5, 0.6) is 0 Å². The van der Waals surface area contributed by atoms with Gasteiger partial charge in [0.1, 0.15) is 0 Å². The van der Waals surface area contributed by atoms with Crippen molar-refractivity contribution in [3.8, 4) is 0 Å². The molecule has 3 unspecified atom stereocenters. The van der Waals surface area contributed by atoms with Gasteiger partial charge in [0.15, 0.2) is 5.41 Å². The molecular formula is C10H14O5. The summed E-state index contributed by atoms with van der Waals surface area (Å²) < 4.78 is 10.1. The van der Waals surface area contributed by atoms with Crippen molar-refractivity contribution in [1.29, 1.82) is 0 Å². The monoisotopic (exact) mass is 214 g/mol. The molecule has 0 aromatic carbocycles. The van der Waals surface area contributed by atoms with Crippen molar-refractivity contribution in [2.75, 3.05) is 6.61 Å². The SMILES string of the molecule is CCOC(=O)C1(C(=O)O)CCC2OC2C1. The first kappa shape index (κ1) is 10.4. The Kier molecular flexibility index (Phi) is 2.42. The minimum Gasteiger partial charge on any atom is -0.480 e. The number of carboxylic acids is 1. The van der Waals surface area contributed by atoms with Gasteiger partial charge < -0.3 is 14.6 Å². The quantitative estimate of drug-likeness (QED) is 0.422. The van der Waals surface area contributed by atoms with Gasteiger partial charge >= 0.3 is 11.9 Å². The highest BCUT2D eigenvalue weighted by Gasteiger charge is 2.58. The van der Waals surface area contributed by atoms with E-state index in [1.807, 2.05) is 0 Å². The highest BCUT2D eigenvalue weighted by atomic mass is 16.6. The lowest BCUT2D eigenvalue weighted by Gasteiger charge is -2.28. The molecule has 2 aliphatic rings. The third-order valence-corrected chi connectivity index (χ3v) is 3.17. The molecular weight excluding hydrogens is 200 g/mol. The van der Waals surface area contributed by atoms with Gasteiger partial charge in [-0.25, -0.2) is 0 Å². The molecule has 1 aliphatic heterocycles. The van der Waals surface area contributed by atoms with Crippen LogP contribution in [-0.2, 0) is 19.1 Å². The van der Waals surface area contributed by atoms with Gasteiger partial charge in [-0.1, -0.05) is 0 Å². The van der Waals surface area contributed by atoms with Gasteiger partial charge in [0.2, 0.25) is 0 Å². The molecule has 2 rings (SSSR count). The zero-order valence-electron chi connectivity index (χ0n) is 8.56. The molecule has 15 heavy (non-hydrogen) atoms. The fraction of sp³-hybridized carbons (Fsp3) is 0.800. The maximum absolute atomic E-state index is 11.7. The summed E-state index contributed by atoms with van der Waals surface area (Å²) in [6, 6.07) is 0. The Bertz CT molecular complexity index is 300. The third-order valence-electron chi connectivity index (χ3n) is 3.17. The van der Waals surface area contributed by atoms with Crippen molar-refractivity contribution in [3.05, 3.63) is 0 Å². The smallest absolute Gasteiger partial charge is 0.323 e. The number of carboxylic acid groups (broad SMARTS) is 1. The van der Waals surface area contributed by atoms with Crippen molar-refractivity contribution < 1.29 is 24.2 Å². The van der Waals surface area contributed by atoms with Crippen LogP contribution >= 0.6 is 0 Å². The lowest BCUT2D eigenvalue weighted by atomic mass is 9.74. The molecule has 1 N–H and O–H groups in total. The van der Waals surface area contributed by atoms with Gasteiger partial charge in [-0.3, -0.25) is 9.59 Å². The molecule has 3 atom stereocenters. The van der Waals surface area contributed by atoms with Gasteiger partial charge in [0, 0.05) is 6.42 Å². The number of hydrogen-bond acceptors (Lipinski definition) is 4. The number of carbonyl (C=O) groups is 2. The van der Waals surface area contributed by atoms with E-state index in [0.717, 1.165) is 0 Å². The van der Waals surface area contributed by atoms with E-state index in [9.17, 15) is 9.59 Å². The van der Waals surface area contributed by atoms with Crippen LogP contribution in [0.3, 0.4) is 0 Å². The predicted molar refractivity (Wildman–Crippen MR) is 49.2 cm³/mol. The van der Waals surface area contributed by atoms with E-state index in [1.165, 1.54) is 0 Å². The fourth-order valence-corrected chi connectivity index (χ4v) is 2.18. The van der Waals surface area contributed by atoms with E-state index in [0.29, 0.717) is 12.8 Å². The van der Waals surface area contributed by atoms with Crippen LogP contribution < -0.4 is 0 Å². The van der Waals surface area contributed by atoms with E-state index >= 15 is 0 Å². The normalized spacial score (nSPS) is 37.9. The molecule has 0 radical (unpaired) electrons. The summed E-state index contributed by atoms with van der Waals surface area (Å²) >= 11 is 0. The van der Waals surface area contributed by atoms with Gasteiger partial charge in [-0.2, -0.15) is 0 Å². The second-order valence-corrected chi connectivity index (χ2v) is 4.06. The molecule has 5 nitrogen and oxygen atoms in total. The molecule has 2 fully saturated rings. The topological polar surface area (TPSA) is 76.1 Å². The highest BCUT2D eigenvalue weighted by molar-refractivity contribution is 5.99. The molecule has 0 bridgehead atoms. The first-order chi connectivity index (χ1) is 7.10. The second-order valence-electron chi connectivity index (χ2n) is 4.06. The van der Waals surface area contributed by atoms with E-state index in [-0.39, 0.29) is 25.2 Å². The Labute approximate surface area is 87.4 Å². The maximum atomic E-state index is 11.7. The summed E-state index contributed by atoms with van der Waals surface area (Å²) in [5.74, 6) is -1.71. The maximum Gasteiger partial charge on any atom is 0.323 e. The Balaban J connectivity index is 2.16. The molecule has 1 saturated carbocycles. The lowest BCUT2D eigenvalue weighted by Crippen LogP contribution is -2.44. The van der Waals surface area contributed by atoms with Crippen LogP contribution in [0.25, 0.3) is 0 Å². The highest BCUT2D eigenvalue weighted by Crippen LogP contribution is 2.47. The van der Waals surface area contributed by atoms with E-state index in [2.05, 4.69) is 0 Å². The summed E-state index contributed by atoms with van der Waals surface area (Å²) in [7, 11) is 0. The Hall–Kier alpha value is -1.10. The average molecular weight is 214 g/mol. The zero-order chi connectivity index (χ0) is 11.1. The van der Waals surface area contributed by atoms with E-state index in [4.69, 9.17) is 14.6 Å². The second kappa shape index (κ2) is 3.48. The molecule has 1 saturated heterocycles. The Morgan fingerprint density at radius 2 is 2.27 bits per heavy atom. The minimum absolute atomic E-state index is 0.0562. The van der Waals surface area contributed by atoms with Crippen LogP contribution in [0.2, 0.25) is 0 Å². The average Bonchev–Trinajstić information content (AvgIpc) is 2.94. The molecule has 1 aliphatic carbocycles. The van der Waals surface area contributed by atoms with Gasteiger partial charge in [0.05, 0.1) is 18.8 Å². The van der Waals surface area contributed by atoms with Crippen molar-refractivity contribution in [2.24, 2.45) is 5.41 Å². The number of carbonyl (C=O) groups excluding carboxylic acids is 1. The van der Waals surface area contributed by atoms with E-state index in [1.54, 1.807) is 6.92 Å². The standard InChI is InChI=1S/C10H14O5/c1-2-14-9(13)10(8(11)12)4-3-6-7(5-10)15-6/h6-7H,2-5H2,1H3,(H,11,12). The number of rotatable bonds is 3. The van der Waals surface area contributed by atoms with Crippen molar-refractivity contribution in [1.82, 2.24) is 0 Å². The van der Waals surface area contributed by atoms with Crippen molar-refractivity contribution >= 4 is 11.9 Å². The summed E-state index contributed by atoms with van der Waals surface area (Å²) in [6.07, 6.45) is 1.33. The minimum atomic E-state index is -1.37. The number of hydrogen-bond donors (Lipinski definition) is 1. The molecule has 0 spiro atoms.